The molecule has 0 unspecified atom stereocenters. The summed E-state index contributed by atoms with van der Waals surface area (Å²) < 4.78 is 2.13. The highest BCUT2D eigenvalue weighted by molar-refractivity contribution is 7.14. The summed E-state index contributed by atoms with van der Waals surface area (Å²) >= 11 is 1.23. The first-order chi connectivity index (χ1) is 7.24. The average Bonchev–Trinajstić information content (AvgIpc) is 2.57. The summed E-state index contributed by atoms with van der Waals surface area (Å²) in [5.41, 5.74) is -0.186. The van der Waals surface area contributed by atoms with Crippen molar-refractivity contribution in [3.05, 3.63) is 34.6 Å². The van der Waals surface area contributed by atoms with E-state index in [1.54, 1.807) is 6.07 Å². The topological polar surface area (TPSA) is 39.1 Å². The van der Waals surface area contributed by atoms with E-state index in [1.807, 2.05) is 25.1 Å². The van der Waals surface area contributed by atoms with E-state index in [1.165, 1.54) is 15.5 Å². The maximum atomic E-state index is 11.8. The molecule has 3 nitrogen and oxygen atoms in total. The molecular formula is C11H11NO2S. The van der Waals surface area contributed by atoms with Gasteiger partial charge in [-0.3, -0.25) is 9.59 Å². The Hall–Kier alpha value is -1.42. The molecule has 78 valence electrons. The number of rotatable bonds is 2. The zero-order chi connectivity index (χ0) is 10.8. The number of carbonyl (C=O) groups excluding carboxylic acids is 1. The third-order valence-electron chi connectivity index (χ3n) is 2.18. The van der Waals surface area contributed by atoms with Crippen molar-refractivity contribution in [1.29, 1.82) is 0 Å². The lowest BCUT2D eigenvalue weighted by atomic mass is 10.3. The van der Waals surface area contributed by atoms with Crippen LogP contribution in [-0.2, 0) is 0 Å². The van der Waals surface area contributed by atoms with Gasteiger partial charge in [-0.2, -0.15) is 3.96 Å². The molecule has 4 heteroatoms. The molecule has 1 heterocycles. The van der Waals surface area contributed by atoms with E-state index >= 15 is 0 Å². The smallest absolute Gasteiger partial charge is 0.273 e. The van der Waals surface area contributed by atoms with Gasteiger partial charge in [-0.1, -0.05) is 19.1 Å². The van der Waals surface area contributed by atoms with Gasteiger partial charge in [0.2, 0.25) is 5.91 Å². The van der Waals surface area contributed by atoms with Crippen LogP contribution < -0.4 is 5.56 Å². The van der Waals surface area contributed by atoms with Crippen LogP contribution in [0.5, 0.6) is 0 Å². The van der Waals surface area contributed by atoms with Gasteiger partial charge >= 0.3 is 0 Å². The van der Waals surface area contributed by atoms with Crippen LogP contribution in [0.2, 0.25) is 0 Å². The van der Waals surface area contributed by atoms with Crippen LogP contribution in [-0.4, -0.2) is 9.86 Å². The van der Waals surface area contributed by atoms with Crippen LogP contribution in [0.15, 0.2) is 29.1 Å². The summed E-state index contributed by atoms with van der Waals surface area (Å²) in [7, 11) is 0. The minimum atomic E-state index is -0.186. The molecule has 2 aromatic rings. The average molecular weight is 221 g/mol. The maximum absolute atomic E-state index is 11.8. The fourth-order valence-corrected chi connectivity index (χ4v) is 2.42. The molecule has 0 N–H and O–H groups in total. The van der Waals surface area contributed by atoms with Gasteiger partial charge in [-0.15, -0.1) is 0 Å². The summed E-state index contributed by atoms with van der Waals surface area (Å²) in [4.78, 5) is 23.4. The normalized spacial score (nSPS) is 10.7. The number of benzene rings is 1. The van der Waals surface area contributed by atoms with Gasteiger partial charge in [-0.25, -0.2) is 0 Å². The van der Waals surface area contributed by atoms with Crippen molar-refractivity contribution in [2.75, 3.05) is 0 Å². The zero-order valence-electron chi connectivity index (χ0n) is 8.40. The Labute approximate surface area is 91.1 Å². The lowest BCUT2D eigenvalue weighted by Crippen LogP contribution is -2.20. The Morgan fingerprint density at radius 1 is 1.40 bits per heavy atom. The Bertz CT molecular complexity index is 553. The second-order valence-corrected chi connectivity index (χ2v) is 4.32. The quantitative estimate of drug-likeness (QED) is 0.781. The van der Waals surface area contributed by atoms with E-state index in [4.69, 9.17) is 0 Å². The van der Waals surface area contributed by atoms with Crippen LogP contribution in [0.25, 0.3) is 10.1 Å². The first-order valence-electron chi connectivity index (χ1n) is 4.88. The highest BCUT2D eigenvalue weighted by Crippen LogP contribution is 2.16. The van der Waals surface area contributed by atoms with E-state index in [2.05, 4.69) is 0 Å². The molecule has 1 aromatic carbocycles. The van der Waals surface area contributed by atoms with Crippen molar-refractivity contribution in [2.45, 2.75) is 19.8 Å². The molecule has 0 saturated heterocycles. The van der Waals surface area contributed by atoms with Gasteiger partial charge in [0.1, 0.15) is 0 Å². The minimum Gasteiger partial charge on any atom is -0.273 e. The monoisotopic (exact) mass is 221 g/mol. The van der Waals surface area contributed by atoms with E-state index in [0.717, 1.165) is 11.1 Å². The lowest BCUT2D eigenvalue weighted by Gasteiger charge is -1.94. The van der Waals surface area contributed by atoms with Gasteiger partial charge in [-0.05, 0) is 30.1 Å². The largest absolute Gasteiger partial charge is 0.275 e. The molecule has 15 heavy (non-hydrogen) atoms. The molecule has 0 bridgehead atoms. The molecular weight excluding hydrogens is 210 g/mol. The molecule has 0 saturated carbocycles. The molecule has 0 aliphatic rings. The predicted molar refractivity (Wildman–Crippen MR) is 61.6 cm³/mol. The second kappa shape index (κ2) is 3.98. The van der Waals surface area contributed by atoms with Crippen LogP contribution in [0.1, 0.15) is 24.6 Å². The predicted octanol–water partition coefficient (Wildman–Crippen LogP) is 2.50. The van der Waals surface area contributed by atoms with E-state index < -0.39 is 0 Å². The van der Waals surface area contributed by atoms with Crippen molar-refractivity contribution in [1.82, 2.24) is 3.96 Å². The number of carbonyl (C=O) groups is 1. The van der Waals surface area contributed by atoms with Gasteiger partial charge in [0.15, 0.2) is 0 Å². The van der Waals surface area contributed by atoms with Gasteiger partial charge < -0.3 is 0 Å². The van der Waals surface area contributed by atoms with Crippen LogP contribution in [0.4, 0.5) is 0 Å². The Morgan fingerprint density at radius 3 is 2.80 bits per heavy atom. The number of hydrogen-bond donors (Lipinski definition) is 0. The fourth-order valence-electron chi connectivity index (χ4n) is 1.45. The first-order valence-corrected chi connectivity index (χ1v) is 5.65. The molecule has 2 rings (SSSR count). The van der Waals surface area contributed by atoms with Crippen molar-refractivity contribution < 1.29 is 4.79 Å². The molecule has 0 radical (unpaired) electrons. The number of aromatic nitrogens is 1. The highest BCUT2D eigenvalue weighted by Gasteiger charge is 2.11. The van der Waals surface area contributed by atoms with Crippen LogP contribution in [0, 0.1) is 0 Å². The third kappa shape index (κ3) is 1.72. The molecule has 0 aliphatic heterocycles. The van der Waals surface area contributed by atoms with Gasteiger partial charge in [0, 0.05) is 6.42 Å². The highest BCUT2D eigenvalue weighted by atomic mass is 32.1. The minimum absolute atomic E-state index is 0.108. The Balaban J connectivity index is 2.58. The van der Waals surface area contributed by atoms with Crippen molar-refractivity contribution in [3.8, 4) is 0 Å². The van der Waals surface area contributed by atoms with Crippen molar-refractivity contribution >= 4 is 27.5 Å². The van der Waals surface area contributed by atoms with Crippen molar-refractivity contribution in [3.63, 3.8) is 0 Å². The number of hydrogen-bond acceptors (Lipinski definition) is 3. The standard InChI is InChI=1S/C11H11NO2S/c1-2-5-10(13)12-11(14)8-6-3-4-7-9(8)15-12/h3-4,6-7H,2,5H2,1H3. The fraction of sp³-hybridized carbons (Fsp3) is 0.273. The summed E-state index contributed by atoms with van der Waals surface area (Å²) in [5.74, 6) is -0.108. The van der Waals surface area contributed by atoms with E-state index in [-0.39, 0.29) is 11.5 Å². The third-order valence-corrected chi connectivity index (χ3v) is 3.29. The van der Waals surface area contributed by atoms with E-state index in [0.29, 0.717) is 11.8 Å². The van der Waals surface area contributed by atoms with Crippen LogP contribution >= 0.6 is 11.5 Å². The Kier molecular flexibility index (Phi) is 2.68. The number of nitrogens with zero attached hydrogens (tertiary/aromatic N) is 1. The maximum Gasteiger partial charge on any atom is 0.275 e. The van der Waals surface area contributed by atoms with Gasteiger partial charge in [0.05, 0.1) is 10.1 Å². The summed E-state index contributed by atoms with van der Waals surface area (Å²) in [6.07, 6.45) is 1.19. The van der Waals surface area contributed by atoms with E-state index in [9.17, 15) is 9.59 Å². The molecule has 0 atom stereocenters. The Morgan fingerprint density at radius 2 is 2.13 bits per heavy atom. The van der Waals surface area contributed by atoms with Gasteiger partial charge in [0.25, 0.3) is 5.56 Å². The summed E-state index contributed by atoms with van der Waals surface area (Å²) in [6.45, 7) is 1.93. The zero-order valence-corrected chi connectivity index (χ0v) is 9.21. The summed E-state index contributed by atoms with van der Waals surface area (Å²) in [5, 5.41) is 0.631. The molecule has 0 amide bonds. The molecule has 0 aliphatic carbocycles. The molecule has 0 fully saturated rings. The first kappa shape index (κ1) is 10.1. The second-order valence-electron chi connectivity index (χ2n) is 3.33. The van der Waals surface area contributed by atoms with Crippen LogP contribution in [0.3, 0.4) is 0 Å². The molecule has 1 aromatic heterocycles. The summed E-state index contributed by atoms with van der Waals surface area (Å²) in [6, 6.07) is 7.29. The SMILES string of the molecule is CCCC(=O)n1sc2ccccc2c1=O. The molecule has 0 spiro atoms. The lowest BCUT2D eigenvalue weighted by molar-refractivity contribution is 0.0911. The van der Waals surface area contributed by atoms with Crippen molar-refractivity contribution in [2.24, 2.45) is 0 Å². The number of fused-ring (bicyclic) bond motifs is 1.